The number of hydrogen-bond donors (Lipinski definition) is 1. The van der Waals surface area contributed by atoms with Gasteiger partial charge in [0, 0.05) is 30.9 Å². The molecule has 120 valence electrons. The molecule has 0 atom stereocenters. The van der Waals surface area contributed by atoms with Crippen molar-refractivity contribution in [3.8, 4) is 0 Å². The molecule has 5 heteroatoms. The number of hydrogen-bond acceptors (Lipinski definition) is 4. The van der Waals surface area contributed by atoms with E-state index in [0.717, 1.165) is 41.6 Å². The number of aryl methyl sites for hydroxylation is 1. The maximum atomic E-state index is 10.8. The molecule has 0 bridgehead atoms. The standard InChI is InChI=1S/C16H28N2O2S/c1-11(2)9-18(10-12(3)4)7-6-15-17-13(5)14(21-15)8-16(19)20/h11-12H,6-10H2,1-5H3,(H,19,20). The molecule has 0 saturated carbocycles. The first-order valence-electron chi connectivity index (χ1n) is 7.67. The Labute approximate surface area is 132 Å². The van der Waals surface area contributed by atoms with E-state index in [4.69, 9.17) is 5.11 Å². The average molecular weight is 312 g/mol. The first kappa shape index (κ1) is 18.1. The Kier molecular flexibility index (Phi) is 7.32. The molecule has 21 heavy (non-hydrogen) atoms. The van der Waals surface area contributed by atoms with Gasteiger partial charge in [0.2, 0.25) is 0 Å². The predicted octanol–water partition coefficient (Wildman–Crippen LogP) is 3.24. The summed E-state index contributed by atoms with van der Waals surface area (Å²) in [4.78, 5) is 18.7. The number of carboxylic acids is 1. The van der Waals surface area contributed by atoms with E-state index >= 15 is 0 Å². The van der Waals surface area contributed by atoms with Crippen LogP contribution in [0, 0.1) is 18.8 Å². The Morgan fingerprint density at radius 3 is 2.29 bits per heavy atom. The molecule has 0 unspecified atom stereocenters. The third-order valence-corrected chi connectivity index (χ3v) is 4.35. The lowest BCUT2D eigenvalue weighted by atomic mass is 10.1. The lowest BCUT2D eigenvalue weighted by Crippen LogP contribution is -2.33. The van der Waals surface area contributed by atoms with Crippen LogP contribution >= 0.6 is 11.3 Å². The van der Waals surface area contributed by atoms with Crippen molar-refractivity contribution < 1.29 is 9.90 Å². The summed E-state index contributed by atoms with van der Waals surface area (Å²) >= 11 is 1.55. The van der Waals surface area contributed by atoms with Gasteiger partial charge in [0.15, 0.2) is 0 Å². The second-order valence-corrected chi connectivity index (χ2v) is 7.65. The lowest BCUT2D eigenvalue weighted by Gasteiger charge is -2.25. The summed E-state index contributed by atoms with van der Waals surface area (Å²) in [5, 5.41) is 9.94. The van der Waals surface area contributed by atoms with Gasteiger partial charge in [-0.2, -0.15) is 0 Å². The zero-order valence-electron chi connectivity index (χ0n) is 13.8. The molecule has 1 N–H and O–H groups in total. The molecule has 0 saturated heterocycles. The van der Waals surface area contributed by atoms with Crippen LogP contribution in [-0.4, -0.2) is 40.6 Å². The molecule has 1 aromatic rings. The highest BCUT2D eigenvalue weighted by Gasteiger charge is 2.13. The van der Waals surface area contributed by atoms with Crippen molar-refractivity contribution in [1.29, 1.82) is 0 Å². The normalized spacial score (nSPS) is 11.8. The fourth-order valence-electron chi connectivity index (χ4n) is 2.44. The Morgan fingerprint density at radius 1 is 1.24 bits per heavy atom. The maximum Gasteiger partial charge on any atom is 0.308 e. The van der Waals surface area contributed by atoms with Crippen molar-refractivity contribution in [2.75, 3.05) is 19.6 Å². The van der Waals surface area contributed by atoms with Crippen molar-refractivity contribution in [3.63, 3.8) is 0 Å². The molecule has 0 aliphatic rings. The minimum Gasteiger partial charge on any atom is -0.481 e. The van der Waals surface area contributed by atoms with E-state index < -0.39 is 5.97 Å². The van der Waals surface area contributed by atoms with Gasteiger partial charge in [-0.3, -0.25) is 4.79 Å². The number of nitrogens with zero attached hydrogens (tertiary/aromatic N) is 2. The van der Waals surface area contributed by atoms with E-state index in [2.05, 4.69) is 37.6 Å². The first-order chi connectivity index (χ1) is 9.77. The minimum atomic E-state index is -0.783. The summed E-state index contributed by atoms with van der Waals surface area (Å²) in [5.74, 6) is 0.531. The monoisotopic (exact) mass is 312 g/mol. The second-order valence-electron chi connectivity index (χ2n) is 6.48. The zero-order chi connectivity index (χ0) is 16.0. The Hall–Kier alpha value is -0.940. The lowest BCUT2D eigenvalue weighted by molar-refractivity contribution is -0.136. The van der Waals surface area contributed by atoms with Gasteiger partial charge in [-0.25, -0.2) is 4.98 Å². The average Bonchev–Trinajstić information content (AvgIpc) is 2.65. The Morgan fingerprint density at radius 2 is 1.81 bits per heavy atom. The number of aromatic nitrogens is 1. The Bertz CT molecular complexity index is 445. The smallest absolute Gasteiger partial charge is 0.308 e. The number of carboxylic acid groups (broad SMARTS) is 1. The van der Waals surface area contributed by atoms with Crippen LogP contribution in [0.2, 0.25) is 0 Å². The van der Waals surface area contributed by atoms with Crippen molar-refractivity contribution >= 4 is 17.3 Å². The van der Waals surface area contributed by atoms with Gasteiger partial charge >= 0.3 is 5.97 Å². The fourth-order valence-corrected chi connectivity index (χ4v) is 3.49. The van der Waals surface area contributed by atoms with Gasteiger partial charge in [-0.05, 0) is 18.8 Å². The predicted molar refractivity (Wildman–Crippen MR) is 88.0 cm³/mol. The summed E-state index contributed by atoms with van der Waals surface area (Å²) in [6.07, 6.45) is 0.996. The van der Waals surface area contributed by atoms with Crippen molar-refractivity contribution in [1.82, 2.24) is 9.88 Å². The fraction of sp³-hybridized carbons (Fsp3) is 0.750. The molecule has 0 radical (unpaired) electrons. The molecule has 1 rings (SSSR count). The topological polar surface area (TPSA) is 53.4 Å². The van der Waals surface area contributed by atoms with Crippen LogP contribution in [-0.2, 0) is 17.6 Å². The molecule has 1 heterocycles. The SMILES string of the molecule is Cc1nc(CCN(CC(C)C)CC(C)C)sc1CC(=O)O. The second kappa shape index (κ2) is 8.49. The Balaban J connectivity index is 2.60. The highest BCUT2D eigenvalue weighted by Crippen LogP contribution is 2.19. The van der Waals surface area contributed by atoms with Gasteiger partial charge in [0.1, 0.15) is 0 Å². The van der Waals surface area contributed by atoms with Crippen LogP contribution < -0.4 is 0 Å². The van der Waals surface area contributed by atoms with E-state index in [-0.39, 0.29) is 6.42 Å². The first-order valence-corrected chi connectivity index (χ1v) is 8.48. The molecule has 0 aromatic carbocycles. The quantitative estimate of drug-likeness (QED) is 0.760. The molecule has 0 aliphatic heterocycles. The van der Waals surface area contributed by atoms with Gasteiger partial charge in [-0.1, -0.05) is 27.7 Å². The third kappa shape index (κ3) is 7.05. The van der Waals surface area contributed by atoms with E-state index in [1.807, 2.05) is 6.92 Å². The van der Waals surface area contributed by atoms with Gasteiger partial charge in [0.05, 0.1) is 17.1 Å². The molecular weight excluding hydrogens is 284 g/mol. The van der Waals surface area contributed by atoms with Crippen LogP contribution in [0.1, 0.15) is 43.3 Å². The van der Waals surface area contributed by atoms with E-state index in [0.29, 0.717) is 11.8 Å². The van der Waals surface area contributed by atoms with Gasteiger partial charge in [-0.15, -0.1) is 11.3 Å². The van der Waals surface area contributed by atoms with Crippen LogP contribution in [0.5, 0.6) is 0 Å². The molecular formula is C16H28N2O2S. The molecule has 0 aliphatic carbocycles. The van der Waals surface area contributed by atoms with Gasteiger partial charge in [0.25, 0.3) is 0 Å². The largest absolute Gasteiger partial charge is 0.481 e. The summed E-state index contributed by atoms with van der Waals surface area (Å²) in [6.45, 7) is 14.1. The molecule has 0 amide bonds. The highest BCUT2D eigenvalue weighted by atomic mass is 32.1. The van der Waals surface area contributed by atoms with Crippen LogP contribution in [0.3, 0.4) is 0 Å². The van der Waals surface area contributed by atoms with E-state index in [9.17, 15) is 4.79 Å². The number of rotatable bonds is 9. The number of thiazole rings is 1. The minimum absolute atomic E-state index is 0.0885. The van der Waals surface area contributed by atoms with Crippen molar-refractivity contribution in [3.05, 3.63) is 15.6 Å². The van der Waals surface area contributed by atoms with E-state index in [1.54, 1.807) is 11.3 Å². The number of aliphatic carboxylic acids is 1. The van der Waals surface area contributed by atoms with E-state index in [1.165, 1.54) is 0 Å². The van der Waals surface area contributed by atoms with Crippen molar-refractivity contribution in [2.45, 2.75) is 47.5 Å². The van der Waals surface area contributed by atoms with Gasteiger partial charge < -0.3 is 10.0 Å². The van der Waals surface area contributed by atoms with Crippen molar-refractivity contribution in [2.24, 2.45) is 11.8 Å². The third-order valence-electron chi connectivity index (χ3n) is 3.14. The summed E-state index contributed by atoms with van der Waals surface area (Å²) in [7, 11) is 0. The maximum absolute atomic E-state index is 10.8. The summed E-state index contributed by atoms with van der Waals surface area (Å²) in [6, 6.07) is 0. The number of carbonyl (C=O) groups is 1. The molecule has 0 spiro atoms. The summed E-state index contributed by atoms with van der Waals surface area (Å²) < 4.78 is 0. The molecule has 1 aromatic heterocycles. The van der Waals surface area contributed by atoms with Crippen LogP contribution in [0.4, 0.5) is 0 Å². The zero-order valence-corrected chi connectivity index (χ0v) is 14.7. The van der Waals surface area contributed by atoms with Crippen LogP contribution in [0.25, 0.3) is 0 Å². The molecule has 4 nitrogen and oxygen atoms in total. The molecule has 0 fully saturated rings. The van der Waals surface area contributed by atoms with Crippen LogP contribution in [0.15, 0.2) is 0 Å². The highest BCUT2D eigenvalue weighted by molar-refractivity contribution is 7.11. The summed E-state index contributed by atoms with van der Waals surface area (Å²) in [5.41, 5.74) is 0.872.